The minimum atomic E-state index is -0.630. The fraction of sp³-hybridized carbons (Fsp3) is 0.500. The van der Waals surface area contributed by atoms with E-state index in [0.717, 1.165) is 0 Å². The van der Waals surface area contributed by atoms with Crippen molar-refractivity contribution >= 4 is 0 Å². The molecule has 0 heterocycles. The lowest BCUT2D eigenvalue weighted by molar-refractivity contribution is 0.0954. The van der Waals surface area contributed by atoms with Crippen molar-refractivity contribution < 1.29 is 14.6 Å². The summed E-state index contributed by atoms with van der Waals surface area (Å²) in [7, 11) is 0. The van der Waals surface area contributed by atoms with Crippen LogP contribution in [0.1, 0.15) is 26.3 Å². The summed E-state index contributed by atoms with van der Waals surface area (Å²) in [6.07, 6.45) is -0.539. The molecule has 1 atom stereocenters. The van der Waals surface area contributed by atoms with Gasteiger partial charge in [0.15, 0.2) is 11.6 Å². The molecule has 3 N–H and O–H groups in total. The average molecular weight is 227 g/mol. The highest BCUT2D eigenvalue weighted by Gasteiger charge is 2.23. The summed E-state index contributed by atoms with van der Waals surface area (Å²) in [6, 6.07) is 4.39. The number of benzene rings is 1. The summed E-state index contributed by atoms with van der Waals surface area (Å²) >= 11 is 0. The Labute approximate surface area is 94.9 Å². The third kappa shape index (κ3) is 2.93. The molecule has 0 amide bonds. The van der Waals surface area contributed by atoms with Crippen LogP contribution in [0.4, 0.5) is 4.39 Å². The van der Waals surface area contributed by atoms with Crippen molar-refractivity contribution in [2.45, 2.75) is 39.0 Å². The molecule has 1 aromatic carbocycles. The fourth-order valence-electron chi connectivity index (χ4n) is 1.17. The number of halogens is 1. The number of rotatable bonds is 4. The Hall–Kier alpha value is -1.13. The summed E-state index contributed by atoms with van der Waals surface area (Å²) in [4.78, 5) is 0. The van der Waals surface area contributed by atoms with Gasteiger partial charge in [0.05, 0.1) is 6.10 Å². The lowest BCUT2D eigenvalue weighted by Gasteiger charge is -2.29. The van der Waals surface area contributed by atoms with Gasteiger partial charge in [0.2, 0.25) is 0 Å². The van der Waals surface area contributed by atoms with Crippen molar-refractivity contribution in [1.29, 1.82) is 0 Å². The summed E-state index contributed by atoms with van der Waals surface area (Å²) in [5, 5.41) is 22.0. The first-order valence-electron chi connectivity index (χ1n) is 5.24. The number of phenols is 1. The Morgan fingerprint density at radius 3 is 2.62 bits per heavy atom. The van der Waals surface area contributed by atoms with Crippen LogP contribution >= 0.6 is 0 Å². The number of hydrogen-bond acceptors (Lipinski definition) is 3. The molecular weight excluding hydrogens is 209 g/mol. The second kappa shape index (κ2) is 4.80. The predicted octanol–water partition coefficient (Wildman–Crippen LogP) is 1.78. The molecule has 90 valence electrons. The van der Waals surface area contributed by atoms with Gasteiger partial charge < -0.3 is 15.5 Å². The van der Waals surface area contributed by atoms with E-state index in [0.29, 0.717) is 12.1 Å². The normalized spacial score (nSPS) is 13.8. The minimum Gasteiger partial charge on any atom is -0.505 e. The molecule has 1 unspecified atom stereocenters. The minimum absolute atomic E-state index is 0.307. The van der Waals surface area contributed by atoms with Crippen molar-refractivity contribution in [1.82, 2.24) is 5.32 Å². The first kappa shape index (κ1) is 12.9. The van der Waals surface area contributed by atoms with E-state index in [-0.39, 0.29) is 5.75 Å². The Morgan fingerprint density at radius 2 is 2.06 bits per heavy atom. The monoisotopic (exact) mass is 227 g/mol. The van der Waals surface area contributed by atoms with Crippen molar-refractivity contribution in [3.8, 4) is 5.75 Å². The summed E-state index contributed by atoms with van der Waals surface area (Å²) in [5.41, 5.74) is -0.00704. The molecule has 4 heteroatoms. The molecule has 0 spiro atoms. The third-order valence-electron chi connectivity index (χ3n) is 2.85. The maximum absolute atomic E-state index is 13.0. The largest absolute Gasteiger partial charge is 0.505 e. The molecule has 0 radical (unpaired) electrons. The molecule has 16 heavy (non-hydrogen) atoms. The van der Waals surface area contributed by atoms with Crippen LogP contribution in [-0.4, -0.2) is 21.9 Å². The SMILES string of the molecule is CC(O)C(C)(C)NCc1cccc(F)c1O. The summed E-state index contributed by atoms with van der Waals surface area (Å²) < 4.78 is 13.0. The van der Waals surface area contributed by atoms with E-state index >= 15 is 0 Å². The van der Waals surface area contributed by atoms with E-state index in [1.165, 1.54) is 6.07 Å². The molecule has 0 saturated heterocycles. The van der Waals surface area contributed by atoms with Crippen LogP contribution in [0.25, 0.3) is 0 Å². The van der Waals surface area contributed by atoms with Gasteiger partial charge in [-0.15, -0.1) is 0 Å². The van der Waals surface area contributed by atoms with E-state index in [1.807, 2.05) is 13.8 Å². The van der Waals surface area contributed by atoms with Gasteiger partial charge in [-0.25, -0.2) is 4.39 Å². The molecule has 0 bridgehead atoms. The van der Waals surface area contributed by atoms with Crippen LogP contribution in [0.3, 0.4) is 0 Å². The zero-order valence-electron chi connectivity index (χ0n) is 9.79. The zero-order valence-corrected chi connectivity index (χ0v) is 9.79. The number of nitrogens with one attached hydrogen (secondary N) is 1. The van der Waals surface area contributed by atoms with Crippen LogP contribution < -0.4 is 5.32 Å². The lowest BCUT2D eigenvalue weighted by Crippen LogP contribution is -2.47. The molecule has 0 aliphatic carbocycles. The average Bonchev–Trinajstić information content (AvgIpc) is 2.20. The number of para-hydroxylation sites is 1. The van der Waals surface area contributed by atoms with Gasteiger partial charge in [0, 0.05) is 17.6 Å². The quantitative estimate of drug-likeness (QED) is 0.735. The molecule has 3 nitrogen and oxygen atoms in total. The third-order valence-corrected chi connectivity index (χ3v) is 2.85. The zero-order chi connectivity index (χ0) is 12.3. The van der Waals surface area contributed by atoms with Gasteiger partial charge in [0.1, 0.15) is 0 Å². The topological polar surface area (TPSA) is 52.5 Å². The fourth-order valence-corrected chi connectivity index (χ4v) is 1.17. The number of phenolic OH excluding ortho intramolecular Hbond substituents is 1. The van der Waals surface area contributed by atoms with Crippen molar-refractivity contribution in [3.63, 3.8) is 0 Å². The second-order valence-corrected chi connectivity index (χ2v) is 4.50. The van der Waals surface area contributed by atoms with Gasteiger partial charge in [-0.2, -0.15) is 0 Å². The number of aliphatic hydroxyl groups is 1. The maximum atomic E-state index is 13.0. The van der Waals surface area contributed by atoms with E-state index in [4.69, 9.17) is 0 Å². The summed E-state index contributed by atoms with van der Waals surface area (Å²) in [5.74, 6) is -0.967. The van der Waals surface area contributed by atoms with Crippen molar-refractivity contribution in [2.75, 3.05) is 0 Å². The molecule has 0 aliphatic rings. The van der Waals surface area contributed by atoms with E-state index in [1.54, 1.807) is 19.1 Å². The first-order valence-corrected chi connectivity index (χ1v) is 5.24. The lowest BCUT2D eigenvalue weighted by atomic mass is 9.98. The van der Waals surface area contributed by atoms with Crippen LogP contribution in [0.5, 0.6) is 5.75 Å². The Bertz CT molecular complexity index is 364. The summed E-state index contributed by atoms with van der Waals surface area (Å²) in [6.45, 7) is 5.67. The molecule has 0 saturated carbocycles. The Kier molecular flexibility index (Phi) is 3.88. The van der Waals surface area contributed by atoms with Crippen LogP contribution in [0, 0.1) is 5.82 Å². The number of hydrogen-bond donors (Lipinski definition) is 3. The van der Waals surface area contributed by atoms with Crippen LogP contribution in [0.15, 0.2) is 18.2 Å². The first-order chi connectivity index (χ1) is 7.34. The van der Waals surface area contributed by atoms with Crippen LogP contribution in [0.2, 0.25) is 0 Å². The van der Waals surface area contributed by atoms with Gasteiger partial charge in [-0.05, 0) is 26.8 Å². The van der Waals surface area contributed by atoms with Gasteiger partial charge >= 0.3 is 0 Å². The molecule has 1 rings (SSSR count). The van der Waals surface area contributed by atoms with Crippen molar-refractivity contribution in [3.05, 3.63) is 29.6 Å². The Morgan fingerprint density at radius 1 is 1.44 bits per heavy atom. The second-order valence-electron chi connectivity index (χ2n) is 4.50. The van der Waals surface area contributed by atoms with Gasteiger partial charge in [-0.3, -0.25) is 0 Å². The highest BCUT2D eigenvalue weighted by molar-refractivity contribution is 5.33. The number of aliphatic hydroxyl groups excluding tert-OH is 1. The number of aromatic hydroxyl groups is 1. The highest BCUT2D eigenvalue weighted by Crippen LogP contribution is 2.21. The highest BCUT2D eigenvalue weighted by atomic mass is 19.1. The molecule has 0 aliphatic heterocycles. The van der Waals surface area contributed by atoms with Gasteiger partial charge in [-0.1, -0.05) is 12.1 Å². The van der Waals surface area contributed by atoms with Crippen molar-refractivity contribution in [2.24, 2.45) is 0 Å². The predicted molar refractivity (Wildman–Crippen MR) is 60.7 cm³/mol. The van der Waals surface area contributed by atoms with Gasteiger partial charge in [0.25, 0.3) is 0 Å². The molecule has 1 aromatic rings. The Balaban J connectivity index is 2.72. The smallest absolute Gasteiger partial charge is 0.165 e. The molecule has 0 aromatic heterocycles. The molecular formula is C12H18FNO2. The van der Waals surface area contributed by atoms with E-state index in [9.17, 15) is 14.6 Å². The standard InChI is InChI=1S/C12H18FNO2/c1-8(15)12(2,3)14-7-9-5-4-6-10(13)11(9)16/h4-6,8,14-16H,7H2,1-3H3. The van der Waals surface area contributed by atoms with Crippen LogP contribution in [-0.2, 0) is 6.54 Å². The van der Waals surface area contributed by atoms with E-state index < -0.39 is 17.5 Å². The maximum Gasteiger partial charge on any atom is 0.165 e. The van der Waals surface area contributed by atoms with E-state index in [2.05, 4.69) is 5.32 Å². The molecule has 0 fully saturated rings.